The van der Waals surface area contributed by atoms with Crippen LogP contribution in [-0.4, -0.2) is 48.1 Å². The lowest BCUT2D eigenvalue weighted by atomic mass is 10.1. The topological polar surface area (TPSA) is 87.5 Å². The fourth-order valence-corrected chi connectivity index (χ4v) is 3.32. The standard InChI is InChI=1S/C26H26N4O4/c1-18-7-10-21(11-8-18)30-17-23(25(29-30)19-5-4-6-22(15-19)33-3)26(31)28-20-9-12-24(27-16-20)34-14-13-32-2/h4-12,15-17H,13-14H2,1-3H3,(H,28,31). The van der Waals surface area contributed by atoms with E-state index >= 15 is 0 Å². The first kappa shape index (κ1) is 23.0. The van der Waals surface area contributed by atoms with Crippen molar-refractivity contribution < 1.29 is 19.0 Å². The SMILES string of the molecule is COCCOc1ccc(NC(=O)c2cn(-c3ccc(C)cc3)nc2-c2cccc(OC)c2)cn1. The lowest BCUT2D eigenvalue weighted by molar-refractivity contribution is 0.102. The van der Waals surface area contributed by atoms with E-state index in [9.17, 15) is 4.79 Å². The summed E-state index contributed by atoms with van der Waals surface area (Å²) in [6.45, 7) is 2.89. The number of nitrogens with one attached hydrogen (secondary N) is 1. The third kappa shape index (κ3) is 5.41. The van der Waals surface area contributed by atoms with Gasteiger partial charge in [-0.3, -0.25) is 4.79 Å². The van der Waals surface area contributed by atoms with Crippen molar-refractivity contribution in [3.63, 3.8) is 0 Å². The molecule has 2 heterocycles. The average molecular weight is 459 g/mol. The van der Waals surface area contributed by atoms with Gasteiger partial charge in [-0.15, -0.1) is 0 Å². The van der Waals surface area contributed by atoms with E-state index in [1.807, 2.05) is 55.5 Å². The van der Waals surface area contributed by atoms with Crippen LogP contribution >= 0.6 is 0 Å². The van der Waals surface area contributed by atoms with Gasteiger partial charge in [0, 0.05) is 24.9 Å². The third-order valence-electron chi connectivity index (χ3n) is 5.13. The van der Waals surface area contributed by atoms with Crippen LogP contribution < -0.4 is 14.8 Å². The number of benzene rings is 2. The summed E-state index contributed by atoms with van der Waals surface area (Å²) in [5, 5.41) is 7.63. The molecule has 0 aliphatic carbocycles. The smallest absolute Gasteiger partial charge is 0.259 e. The molecule has 0 saturated heterocycles. The predicted molar refractivity (Wildman–Crippen MR) is 130 cm³/mol. The Bertz CT molecular complexity index is 1250. The van der Waals surface area contributed by atoms with E-state index in [0.29, 0.717) is 41.8 Å². The summed E-state index contributed by atoms with van der Waals surface area (Å²) in [5.74, 6) is 0.840. The number of methoxy groups -OCH3 is 2. The van der Waals surface area contributed by atoms with Crippen LogP contribution in [0.25, 0.3) is 16.9 Å². The fourth-order valence-electron chi connectivity index (χ4n) is 3.32. The van der Waals surface area contributed by atoms with Gasteiger partial charge in [0.25, 0.3) is 5.91 Å². The zero-order valence-electron chi connectivity index (χ0n) is 19.3. The molecule has 4 rings (SSSR count). The largest absolute Gasteiger partial charge is 0.497 e. The van der Waals surface area contributed by atoms with Crippen molar-refractivity contribution in [2.75, 3.05) is 32.8 Å². The summed E-state index contributed by atoms with van der Waals surface area (Å²) in [6.07, 6.45) is 3.28. The van der Waals surface area contributed by atoms with Gasteiger partial charge in [0.1, 0.15) is 18.1 Å². The number of pyridine rings is 1. The number of nitrogens with zero attached hydrogens (tertiary/aromatic N) is 3. The molecule has 2 aromatic heterocycles. The summed E-state index contributed by atoms with van der Waals surface area (Å²) in [4.78, 5) is 17.5. The summed E-state index contributed by atoms with van der Waals surface area (Å²) >= 11 is 0. The van der Waals surface area contributed by atoms with Gasteiger partial charge in [0.05, 0.1) is 36.9 Å². The Hall–Kier alpha value is -4.17. The molecule has 8 heteroatoms. The highest BCUT2D eigenvalue weighted by atomic mass is 16.5. The zero-order valence-corrected chi connectivity index (χ0v) is 19.3. The molecule has 0 bridgehead atoms. The lowest BCUT2D eigenvalue weighted by Gasteiger charge is -2.08. The van der Waals surface area contributed by atoms with Crippen molar-refractivity contribution in [1.82, 2.24) is 14.8 Å². The van der Waals surface area contributed by atoms with Gasteiger partial charge in [-0.2, -0.15) is 5.10 Å². The number of aryl methyl sites for hydroxylation is 1. The van der Waals surface area contributed by atoms with E-state index in [4.69, 9.17) is 19.3 Å². The maximum Gasteiger partial charge on any atom is 0.259 e. The van der Waals surface area contributed by atoms with Crippen molar-refractivity contribution in [1.29, 1.82) is 0 Å². The first-order valence-electron chi connectivity index (χ1n) is 10.8. The predicted octanol–water partition coefficient (Wildman–Crippen LogP) is 4.53. The van der Waals surface area contributed by atoms with E-state index < -0.39 is 0 Å². The van der Waals surface area contributed by atoms with Crippen LogP contribution in [0.4, 0.5) is 5.69 Å². The van der Waals surface area contributed by atoms with Gasteiger partial charge in [-0.05, 0) is 37.3 Å². The van der Waals surface area contributed by atoms with Crippen molar-refractivity contribution >= 4 is 11.6 Å². The minimum atomic E-state index is -0.300. The molecular weight excluding hydrogens is 432 g/mol. The van der Waals surface area contributed by atoms with Gasteiger partial charge < -0.3 is 19.5 Å². The molecule has 0 aliphatic heterocycles. The van der Waals surface area contributed by atoms with Crippen LogP contribution in [0.2, 0.25) is 0 Å². The number of rotatable bonds is 9. The summed E-state index contributed by atoms with van der Waals surface area (Å²) < 4.78 is 17.5. The Kier molecular flexibility index (Phi) is 7.19. The van der Waals surface area contributed by atoms with Gasteiger partial charge in [0.2, 0.25) is 5.88 Å². The molecule has 0 radical (unpaired) electrons. The minimum absolute atomic E-state index is 0.300. The maximum absolute atomic E-state index is 13.3. The quantitative estimate of drug-likeness (QED) is 0.371. The monoisotopic (exact) mass is 458 g/mol. The number of amides is 1. The fraction of sp³-hybridized carbons (Fsp3) is 0.192. The Balaban J connectivity index is 1.63. The molecule has 174 valence electrons. The van der Waals surface area contributed by atoms with Crippen LogP contribution in [0, 0.1) is 6.92 Å². The number of ether oxygens (including phenoxy) is 3. The van der Waals surface area contributed by atoms with Crippen molar-refractivity contribution in [2.24, 2.45) is 0 Å². The molecule has 0 atom stereocenters. The Labute approximate surface area is 198 Å². The highest BCUT2D eigenvalue weighted by molar-refractivity contribution is 6.08. The van der Waals surface area contributed by atoms with Gasteiger partial charge in [-0.25, -0.2) is 9.67 Å². The van der Waals surface area contributed by atoms with E-state index in [1.54, 1.807) is 43.4 Å². The number of aromatic nitrogens is 3. The Morgan fingerprint density at radius 1 is 1.03 bits per heavy atom. The normalized spacial score (nSPS) is 10.7. The first-order chi connectivity index (χ1) is 16.6. The first-order valence-corrected chi connectivity index (χ1v) is 10.8. The molecule has 4 aromatic rings. The lowest BCUT2D eigenvalue weighted by Crippen LogP contribution is -2.12. The number of carbonyl (C=O) groups excluding carboxylic acids is 1. The highest BCUT2D eigenvalue weighted by Gasteiger charge is 2.19. The van der Waals surface area contributed by atoms with Gasteiger partial charge >= 0.3 is 0 Å². The number of hydrogen-bond donors (Lipinski definition) is 1. The number of anilines is 1. The number of carbonyl (C=O) groups is 1. The van der Waals surface area contributed by atoms with Crippen LogP contribution in [0.1, 0.15) is 15.9 Å². The van der Waals surface area contributed by atoms with Gasteiger partial charge in [0.15, 0.2) is 0 Å². The molecule has 0 aliphatic rings. The Morgan fingerprint density at radius 2 is 1.85 bits per heavy atom. The van der Waals surface area contributed by atoms with Crippen LogP contribution in [0.5, 0.6) is 11.6 Å². The second kappa shape index (κ2) is 10.6. The molecular formula is C26H26N4O4. The molecule has 34 heavy (non-hydrogen) atoms. The molecule has 1 N–H and O–H groups in total. The molecule has 2 aromatic carbocycles. The van der Waals surface area contributed by atoms with Crippen molar-refractivity contribution in [3.05, 3.63) is 84.2 Å². The summed E-state index contributed by atoms with van der Waals surface area (Å²) in [7, 11) is 3.21. The molecule has 0 spiro atoms. The molecule has 0 saturated carbocycles. The molecule has 0 unspecified atom stereocenters. The van der Waals surface area contributed by atoms with Crippen LogP contribution in [0.15, 0.2) is 73.1 Å². The van der Waals surface area contributed by atoms with E-state index in [1.165, 1.54) is 0 Å². The minimum Gasteiger partial charge on any atom is -0.497 e. The molecule has 1 amide bonds. The van der Waals surface area contributed by atoms with Crippen molar-refractivity contribution in [3.8, 4) is 28.6 Å². The second-order valence-electron chi connectivity index (χ2n) is 7.58. The van der Waals surface area contributed by atoms with E-state index in [-0.39, 0.29) is 5.91 Å². The van der Waals surface area contributed by atoms with E-state index in [0.717, 1.165) is 16.8 Å². The van der Waals surface area contributed by atoms with E-state index in [2.05, 4.69) is 10.3 Å². The molecule has 0 fully saturated rings. The average Bonchev–Trinajstić information content (AvgIpc) is 3.31. The highest BCUT2D eigenvalue weighted by Crippen LogP contribution is 2.28. The second-order valence-corrected chi connectivity index (χ2v) is 7.58. The summed E-state index contributed by atoms with van der Waals surface area (Å²) in [5.41, 5.74) is 4.29. The third-order valence-corrected chi connectivity index (χ3v) is 5.13. The van der Waals surface area contributed by atoms with Crippen molar-refractivity contribution in [2.45, 2.75) is 6.92 Å². The van der Waals surface area contributed by atoms with Gasteiger partial charge in [-0.1, -0.05) is 29.8 Å². The maximum atomic E-state index is 13.3. The zero-order chi connectivity index (χ0) is 23.9. The van der Waals surface area contributed by atoms with Crippen LogP contribution in [0.3, 0.4) is 0 Å². The Morgan fingerprint density at radius 3 is 2.56 bits per heavy atom. The molecule has 8 nitrogen and oxygen atoms in total. The summed E-state index contributed by atoms with van der Waals surface area (Å²) in [6, 6.07) is 18.8. The number of hydrogen-bond acceptors (Lipinski definition) is 6. The van der Waals surface area contributed by atoms with Crippen LogP contribution in [-0.2, 0) is 4.74 Å².